The summed E-state index contributed by atoms with van der Waals surface area (Å²) in [5.41, 5.74) is -0.161. The lowest BCUT2D eigenvalue weighted by Gasteiger charge is -2.17. The highest BCUT2D eigenvalue weighted by Gasteiger charge is 2.22. The van der Waals surface area contributed by atoms with Gasteiger partial charge in [-0.05, 0) is 12.1 Å². The molecule has 2 heteroatoms. The summed E-state index contributed by atoms with van der Waals surface area (Å²) in [4.78, 5) is 10.3. The van der Waals surface area contributed by atoms with Gasteiger partial charge in [-0.1, -0.05) is 13.8 Å². The van der Waals surface area contributed by atoms with Crippen LogP contribution in [-0.2, 0) is 10.2 Å². The largest absolute Gasteiger partial charge is 0.469 e. The molecule has 60 valence electrons. The number of carbonyl (C=O) groups is 1. The molecule has 0 atom stereocenters. The van der Waals surface area contributed by atoms with Gasteiger partial charge in [0.1, 0.15) is 12.0 Å². The third-order valence-corrected chi connectivity index (χ3v) is 1.78. The molecule has 11 heavy (non-hydrogen) atoms. The molecule has 0 N–H and O–H groups in total. The molecule has 1 aromatic heterocycles. The molecule has 1 heterocycles. The van der Waals surface area contributed by atoms with Gasteiger partial charge in [-0.15, -0.1) is 0 Å². The van der Waals surface area contributed by atoms with E-state index in [2.05, 4.69) is 0 Å². The van der Waals surface area contributed by atoms with Crippen LogP contribution in [0.4, 0.5) is 0 Å². The Morgan fingerprint density at radius 2 is 2.36 bits per heavy atom. The highest BCUT2D eigenvalue weighted by Crippen LogP contribution is 2.25. The summed E-state index contributed by atoms with van der Waals surface area (Å²) in [5.74, 6) is 0.865. The monoisotopic (exact) mass is 152 g/mol. The van der Waals surface area contributed by atoms with Gasteiger partial charge in [0.05, 0.1) is 6.26 Å². The predicted molar refractivity (Wildman–Crippen MR) is 42.4 cm³/mol. The van der Waals surface area contributed by atoms with E-state index in [1.165, 1.54) is 0 Å². The van der Waals surface area contributed by atoms with Gasteiger partial charge in [0.2, 0.25) is 0 Å². The van der Waals surface area contributed by atoms with Crippen molar-refractivity contribution in [2.75, 3.05) is 0 Å². The lowest BCUT2D eigenvalue weighted by atomic mass is 9.87. The topological polar surface area (TPSA) is 30.2 Å². The molecule has 0 saturated heterocycles. The molecule has 0 aliphatic heterocycles. The van der Waals surface area contributed by atoms with Crippen molar-refractivity contribution in [1.82, 2.24) is 0 Å². The normalized spacial score (nSPS) is 11.5. The molecule has 0 unspecified atom stereocenters. The third-order valence-electron chi connectivity index (χ3n) is 1.78. The fourth-order valence-electron chi connectivity index (χ4n) is 0.973. The summed E-state index contributed by atoms with van der Waals surface area (Å²) < 4.78 is 5.19. The SMILES string of the molecule is CC(C)(CC=O)c1ccco1. The van der Waals surface area contributed by atoms with Gasteiger partial charge in [0, 0.05) is 11.8 Å². The van der Waals surface area contributed by atoms with Gasteiger partial charge in [-0.3, -0.25) is 0 Å². The van der Waals surface area contributed by atoms with Gasteiger partial charge in [0.15, 0.2) is 0 Å². The lowest BCUT2D eigenvalue weighted by Crippen LogP contribution is -2.16. The number of carbonyl (C=O) groups excluding carboxylic acids is 1. The second-order valence-electron chi connectivity index (χ2n) is 3.23. The molecule has 1 aromatic rings. The third kappa shape index (κ3) is 1.70. The number of hydrogen-bond acceptors (Lipinski definition) is 2. The molecule has 0 fully saturated rings. The summed E-state index contributed by atoms with van der Waals surface area (Å²) in [7, 11) is 0. The van der Waals surface area contributed by atoms with Gasteiger partial charge >= 0.3 is 0 Å². The quantitative estimate of drug-likeness (QED) is 0.621. The fraction of sp³-hybridized carbons (Fsp3) is 0.444. The van der Waals surface area contributed by atoms with Crippen LogP contribution in [0.25, 0.3) is 0 Å². The zero-order valence-electron chi connectivity index (χ0n) is 6.83. The number of hydrogen-bond donors (Lipinski definition) is 0. The van der Waals surface area contributed by atoms with E-state index in [0.29, 0.717) is 6.42 Å². The van der Waals surface area contributed by atoms with Crippen LogP contribution in [0.2, 0.25) is 0 Å². The Kier molecular flexibility index (Phi) is 2.13. The highest BCUT2D eigenvalue weighted by molar-refractivity contribution is 5.52. The first kappa shape index (κ1) is 8.05. The number of furan rings is 1. The summed E-state index contributed by atoms with van der Waals surface area (Å²) in [5, 5.41) is 0. The Hall–Kier alpha value is -1.05. The van der Waals surface area contributed by atoms with Crippen LogP contribution < -0.4 is 0 Å². The van der Waals surface area contributed by atoms with Crippen LogP contribution in [0.15, 0.2) is 22.8 Å². The fourth-order valence-corrected chi connectivity index (χ4v) is 0.973. The average molecular weight is 152 g/mol. The van der Waals surface area contributed by atoms with E-state index >= 15 is 0 Å². The first-order valence-corrected chi connectivity index (χ1v) is 3.64. The maximum Gasteiger partial charge on any atom is 0.120 e. The Labute approximate surface area is 66.2 Å². The molecule has 0 aliphatic rings. The van der Waals surface area contributed by atoms with Crippen molar-refractivity contribution in [2.45, 2.75) is 25.7 Å². The van der Waals surface area contributed by atoms with Crippen molar-refractivity contribution in [1.29, 1.82) is 0 Å². The molecule has 1 rings (SSSR count). The first-order valence-electron chi connectivity index (χ1n) is 3.64. The van der Waals surface area contributed by atoms with E-state index in [0.717, 1.165) is 12.0 Å². The minimum atomic E-state index is -0.161. The van der Waals surface area contributed by atoms with Crippen molar-refractivity contribution in [2.24, 2.45) is 0 Å². The molecule has 0 amide bonds. The maximum absolute atomic E-state index is 10.3. The van der Waals surface area contributed by atoms with Crippen molar-refractivity contribution in [3.8, 4) is 0 Å². The smallest absolute Gasteiger partial charge is 0.120 e. The maximum atomic E-state index is 10.3. The minimum absolute atomic E-state index is 0.161. The summed E-state index contributed by atoms with van der Waals surface area (Å²) in [6, 6.07) is 3.73. The molecule has 0 radical (unpaired) electrons. The lowest BCUT2D eigenvalue weighted by molar-refractivity contribution is -0.108. The minimum Gasteiger partial charge on any atom is -0.469 e. The van der Waals surface area contributed by atoms with E-state index < -0.39 is 0 Å². The van der Waals surface area contributed by atoms with E-state index in [1.54, 1.807) is 6.26 Å². The molecule has 0 bridgehead atoms. The van der Waals surface area contributed by atoms with Crippen molar-refractivity contribution in [3.05, 3.63) is 24.2 Å². The number of rotatable bonds is 3. The molecule has 0 aromatic carbocycles. The van der Waals surface area contributed by atoms with Crippen molar-refractivity contribution >= 4 is 6.29 Å². The van der Waals surface area contributed by atoms with Crippen LogP contribution in [0.5, 0.6) is 0 Å². The van der Waals surface area contributed by atoms with E-state index in [1.807, 2.05) is 26.0 Å². The Morgan fingerprint density at radius 1 is 1.64 bits per heavy atom. The van der Waals surface area contributed by atoms with Crippen LogP contribution in [0, 0.1) is 0 Å². The van der Waals surface area contributed by atoms with Gasteiger partial charge in [-0.2, -0.15) is 0 Å². The van der Waals surface area contributed by atoms with Crippen LogP contribution in [-0.4, -0.2) is 6.29 Å². The number of aldehydes is 1. The van der Waals surface area contributed by atoms with Crippen LogP contribution in [0.3, 0.4) is 0 Å². The van der Waals surface area contributed by atoms with Gasteiger partial charge in [0.25, 0.3) is 0 Å². The zero-order chi connectivity index (χ0) is 8.32. The van der Waals surface area contributed by atoms with Crippen LogP contribution >= 0.6 is 0 Å². The van der Waals surface area contributed by atoms with Crippen molar-refractivity contribution < 1.29 is 9.21 Å². The Morgan fingerprint density at radius 3 is 2.82 bits per heavy atom. The predicted octanol–water partition coefficient (Wildman–Crippen LogP) is 2.15. The Balaban J connectivity index is 2.81. The first-order chi connectivity index (χ1) is 5.17. The van der Waals surface area contributed by atoms with Gasteiger partial charge in [-0.25, -0.2) is 0 Å². The van der Waals surface area contributed by atoms with Gasteiger partial charge < -0.3 is 9.21 Å². The molecular formula is C9H12O2. The second-order valence-corrected chi connectivity index (χ2v) is 3.23. The standard InChI is InChI=1S/C9H12O2/c1-9(2,5-6-10)8-4-3-7-11-8/h3-4,6-7H,5H2,1-2H3. The van der Waals surface area contributed by atoms with E-state index in [-0.39, 0.29) is 5.41 Å². The summed E-state index contributed by atoms with van der Waals surface area (Å²) >= 11 is 0. The van der Waals surface area contributed by atoms with E-state index in [9.17, 15) is 4.79 Å². The molecule has 0 spiro atoms. The molecule has 0 aliphatic carbocycles. The molecular weight excluding hydrogens is 140 g/mol. The molecule has 0 saturated carbocycles. The molecule has 2 nitrogen and oxygen atoms in total. The Bertz CT molecular complexity index is 222. The van der Waals surface area contributed by atoms with Crippen LogP contribution in [0.1, 0.15) is 26.0 Å². The zero-order valence-corrected chi connectivity index (χ0v) is 6.83. The second kappa shape index (κ2) is 2.91. The van der Waals surface area contributed by atoms with Crippen molar-refractivity contribution in [3.63, 3.8) is 0 Å². The highest BCUT2D eigenvalue weighted by atomic mass is 16.3. The van der Waals surface area contributed by atoms with E-state index in [4.69, 9.17) is 4.42 Å². The summed E-state index contributed by atoms with van der Waals surface area (Å²) in [6.45, 7) is 3.97. The average Bonchev–Trinajstić information content (AvgIpc) is 2.37. The summed E-state index contributed by atoms with van der Waals surface area (Å²) in [6.07, 6.45) is 3.05.